The molecule has 0 bridgehead atoms. The van der Waals surface area contributed by atoms with Crippen molar-refractivity contribution in [3.05, 3.63) is 100 Å². The Morgan fingerprint density at radius 3 is 2.32 bits per heavy atom. The molecule has 0 unspecified atom stereocenters. The van der Waals surface area contributed by atoms with Gasteiger partial charge in [0.2, 0.25) is 0 Å². The molecule has 5 nitrogen and oxygen atoms in total. The zero-order chi connectivity index (χ0) is 24.9. The second-order valence-corrected chi connectivity index (χ2v) is 9.21. The predicted octanol–water partition coefficient (Wildman–Crippen LogP) is 5.50. The second kappa shape index (κ2) is 10.8. The van der Waals surface area contributed by atoms with Crippen LogP contribution in [0.15, 0.2) is 66.7 Å². The smallest absolute Gasteiger partial charge is 0.255 e. The van der Waals surface area contributed by atoms with E-state index in [9.17, 15) is 18.4 Å². The molecule has 0 aromatic heterocycles. The van der Waals surface area contributed by atoms with Gasteiger partial charge in [0.1, 0.15) is 11.6 Å². The Balaban J connectivity index is 1.87. The van der Waals surface area contributed by atoms with Crippen molar-refractivity contribution in [1.29, 1.82) is 0 Å². The largest absolute Gasteiger partial charge is 0.334 e. The van der Waals surface area contributed by atoms with Gasteiger partial charge in [0, 0.05) is 34.9 Å². The van der Waals surface area contributed by atoms with Crippen LogP contribution in [-0.4, -0.2) is 29.8 Å². The molecule has 3 rings (SSSR count). The number of anilines is 1. The number of halogens is 3. The van der Waals surface area contributed by atoms with Gasteiger partial charge in [0.05, 0.1) is 0 Å². The molecule has 0 saturated carbocycles. The molecular formula is C26H26ClF2N3O2. The summed E-state index contributed by atoms with van der Waals surface area (Å²) in [7, 11) is 0. The van der Waals surface area contributed by atoms with Crippen molar-refractivity contribution in [3.8, 4) is 0 Å². The van der Waals surface area contributed by atoms with Crippen LogP contribution in [0, 0.1) is 17.0 Å². The Labute approximate surface area is 202 Å². The van der Waals surface area contributed by atoms with Crippen molar-refractivity contribution < 1.29 is 18.4 Å². The standard InChI is InChI=1S/C26H26ClF2N3O2/c1-26(2,15-30)16-32(25(34)18-4-3-5-21(29)12-18)14-19-13-22(10-11-23(19)27)31-24(33)17-6-8-20(28)9-7-17/h3-13H,14-16,30H2,1-2H3,(H,31,33). The van der Waals surface area contributed by atoms with E-state index in [-0.39, 0.29) is 18.0 Å². The maximum absolute atomic E-state index is 13.7. The van der Waals surface area contributed by atoms with E-state index in [4.69, 9.17) is 17.3 Å². The molecule has 3 N–H and O–H groups in total. The Morgan fingerprint density at radius 1 is 0.971 bits per heavy atom. The lowest BCUT2D eigenvalue weighted by atomic mass is 9.92. The van der Waals surface area contributed by atoms with Gasteiger partial charge in [-0.05, 0) is 78.2 Å². The lowest BCUT2D eigenvalue weighted by molar-refractivity contribution is 0.0672. The third-order valence-corrected chi connectivity index (χ3v) is 5.67. The molecule has 0 radical (unpaired) electrons. The highest BCUT2D eigenvalue weighted by molar-refractivity contribution is 6.31. The summed E-state index contributed by atoms with van der Waals surface area (Å²) >= 11 is 6.42. The Kier molecular flexibility index (Phi) is 8.02. The van der Waals surface area contributed by atoms with Crippen LogP contribution in [0.25, 0.3) is 0 Å². The van der Waals surface area contributed by atoms with E-state index in [0.717, 1.165) is 0 Å². The van der Waals surface area contributed by atoms with Gasteiger partial charge in [-0.3, -0.25) is 9.59 Å². The minimum atomic E-state index is -0.507. The summed E-state index contributed by atoms with van der Waals surface area (Å²) in [4.78, 5) is 27.3. The molecule has 2 amide bonds. The highest BCUT2D eigenvalue weighted by Crippen LogP contribution is 2.26. The molecule has 0 atom stereocenters. The number of amides is 2. The summed E-state index contributed by atoms with van der Waals surface area (Å²) < 4.78 is 26.9. The second-order valence-electron chi connectivity index (χ2n) is 8.81. The first kappa shape index (κ1) is 25.3. The zero-order valence-electron chi connectivity index (χ0n) is 18.9. The molecule has 0 fully saturated rings. The summed E-state index contributed by atoms with van der Waals surface area (Å²) in [6.07, 6.45) is 0. The van der Waals surface area contributed by atoms with Gasteiger partial charge < -0.3 is 16.0 Å². The number of carbonyl (C=O) groups is 2. The van der Waals surface area contributed by atoms with Crippen molar-refractivity contribution in [2.75, 3.05) is 18.4 Å². The highest BCUT2D eigenvalue weighted by Gasteiger charge is 2.26. The fourth-order valence-electron chi connectivity index (χ4n) is 3.37. The first-order chi connectivity index (χ1) is 16.1. The molecular weight excluding hydrogens is 460 g/mol. The number of nitrogens with two attached hydrogens (primary N) is 1. The fourth-order valence-corrected chi connectivity index (χ4v) is 3.55. The topological polar surface area (TPSA) is 75.4 Å². The van der Waals surface area contributed by atoms with Gasteiger partial charge in [-0.15, -0.1) is 0 Å². The van der Waals surface area contributed by atoms with E-state index < -0.39 is 23.0 Å². The van der Waals surface area contributed by atoms with Crippen LogP contribution in [-0.2, 0) is 6.54 Å². The lowest BCUT2D eigenvalue weighted by Gasteiger charge is -2.32. The van der Waals surface area contributed by atoms with Crippen LogP contribution in [0.2, 0.25) is 5.02 Å². The number of nitrogens with zero attached hydrogens (tertiary/aromatic N) is 1. The average molecular weight is 486 g/mol. The first-order valence-corrected chi connectivity index (χ1v) is 11.1. The van der Waals surface area contributed by atoms with Crippen molar-refractivity contribution in [1.82, 2.24) is 4.90 Å². The van der Waals surface area contributed by atoms with E-state index in [0.29, 0.717) is 34.9 Å². The van der Waals surface area contributed by atoms with Crippen LogP contribution in [0.5, 0.6) is 0 Å². The lowest BCUT2D eigenvalue weighted by Crippen LogP contribution is -2.41. The predicted molar refractivity (Wildman–Crippen MR) is 130 cm³/mol. The number of hydrogen-bond acceptors (Lipinski definition) is 3. The Morgan fingerprint density at radius 2 is 1.68 bits per heavy atom. The number of rotatable bonds is 8. The molecule has 0 heterocycles. The van der Waals surface area contributed by atoms with Gasteiger partial charge in [-0.2, -0.15) is 0 Å². The molecule has 0 aliphatic rings. The summed E-state index contributed by atoms with van der Waals surface area (Å²) in [5.41, 5.74) is 7.06. The molecule has 34 heavy (non-hydrogen) atoms. The molecule has 178 valence electrons. The van der Waals surface area contributed by atoms with E-state index in [1.165, 1.54) is 42.5 Å². The molecule has 3 aromatic carbocycles. The average Bonchev–Trinajstić information content (AvgIpc) is 2.80. The third kappa shape index (κ3) is 6.62. The Hall–Kier alpha value is -3.29. The number of hydrogen-bond donors (Lipinski definition) is 2. The molecule has 0 saturated heterocycles. The number of benzene rings is 3. The van der Waals surface area contributed by atoms with Gasteiger partial charge >= 0.3 is 0 Å². The van der Waals surface area contributed by atoms with Crippen molar-refractivity contribution in [3.63, 3.8) is 0 Å². The monoisotopic (exact) mass is 485 g/mol. The maximum atomic E-state index is 13.7. The van der Waals surface area contributed by atoms with Gasteiger partial charge in [-0.25, -0.2) is 8.78 Å². The van der Waals surface area contributed by atoms with Crippen molar-refractivity contribution in [2.45, 2.75) is 20.4 Å². The summed E-state index contributed by atoms with van der Waals surface area (Å²) in [6.45, 7) is 4.63. The summed E-state index contributed by atoms with van der Waals surface area (Å²) in [5, 5.41) is 3.16. The minimum Gasteiger partial charge on any atom is -0.334 e. The SMILES string of the molecule is CC(C)(CN)CN(Cc1cc(NC(=O)c2ccc(F)cc2)ccc1Cl)C(=O)c1cccc(F)c1. The highest BCUT2D eigenvalue weighted by atomic mass is 35.5. The normalized spacial score (nSPS) is 11.2. The van der Waals surface area contributed by atoms with E-state index in [1.807, 2.05) is 13.8 Å². The Bertz CT molecular complexity index is 1180. The molecule has 0 spiro atoms. The zero-order valence-corrected chi connectivity index (χ0v) is 19.7. The van der Waals surface area contributed by atoms with Crippen LogP contribution < -0.4 is 11.1 Å². The summed E-state index contributed by atoms with van der Waals surface area (Å²) in [5.74, 6) is -1.72. The van der Waals surface area contributed by atoms with Crippen LogP contribution >= 0.6 is 11.6 Å². The van der Waals surface area contributed by atoms with E-state index in [2.05, 4.69) is 5.32 Å². The molecule has 3 aromatic rings. The van der Waals surface area contributed by atoms with Crippen LogP contribution in [0.4, 0.5) is 14.5 Å². The molecule has 8 heteroatoms. The van der Waals surface area contributed by atoms with Gasteiger partial charge in [0.25, 0.3) is 11.8 Å². The summed E-state index contributed by atoms with van der Waals surface area (Å²) in [6, 6.07) is 15.6. The van der Waals surface area contributed by atoms with Crippen molar-refractivity contribution in [2.24, 2.45) is 11.1 Å². The number of nitrogens with one attached hydrogen (secondary N) is 1. The van der Waals surface area contributed by atoms with Crippen LogP contribution in [0.3, 0.4) is 0 Å². The number of carbonyl (C=O) groups excluding carboxylic acids is 2. The fraction of sp³-hybridized carbons (Fsp3) is 0.231. The van der Waals surface area contributed by atoms with Gasteiger partial charge in [0.15, 0.2) is 0 Å². The van der Waals surface area contributed by atoms with E-state index in [1.54, 1.807) is 29.2 Å². The quantitative estimate of drug-likeness (QED) is 0.442. The maximum Gasteiger partial charge on any atom is 0.255 e. The third-order valence-electron chi connectivity index (χ3n) is 5.30. The van der Waals surface area contributed by atoms with Crippen molar-refractivity contribution >= 4 is 29.1 Å². The van der Waals surface area contributed by atoms with Crippen LogP contribution in [0.1, 0.15) is 40.1 Å². The first-order valence-electron chi connectivity index (χ1n) is 10.7. The molecule has 0 aliphatic carbocycles. The van der Waals surface area contributed by atoms with E-state index >= 15 is 0 Å². The molecule has 0 aliphatic heterocycles. The minimum absolute atomic E-state index is 0.123. The van der Waals surface area contributed by atoms with Gasteiger partial charge in [-0.1, -0.05) is 31.5 Å².